The molecule has 0 radical (unpaired) electrons. The van der Waals surface area contributed by atoms with Gasteiger partial charge in [0.25, 0.3) is 0 Å². The molecule has 2 aromatic carbocycles. The van der Waals surface area contributed by atoms with Gasteiger partial charge < -0.3 is 5.32 Å². The summed E-state index contributed by atoms with van der Waals surface area (Å²) in [6, 6.07) is 18.1. The number of thioether (sulfide) groups is 1. The molecule has 41 heavy (non-hydrogen) atoms. The number of carbonyl (C=O) groups excluding carboxylic acids is 2. The third-order valence-corrected chi connectivity index (χ3v) is 8.28. The van der Waals surface area contributed by atoms with Crippen LogP contribution in [0.4, 0.5) is 10.2 Å². The summed E-state index contributed by atoms with van der Waals surface area (Å²) in [5.74, 6) is -0.201. The van der Waals surface area contributed by atoms with Crippen molar-refractivity contribution in [3.8, 4) is 5.69 Å². The Hall–Kier alpha value is -3.98. The second-order valence-electron chi connectivity index (χ2n) is 11.4. The van der Waals surface area contributed by atoms with E-state index >= 15 is 0 Å². The van der Waals surface area contributed by atoms with E-state index in [1.165, 1.54) is 28.8 Å². The summed E-state index contributed by atoms with van der Waals surface area (Å²) in [6.45, 7) is 10.3. The van der Waals surface area contributed by atoms with Gasteiger partial charge in [-0.25, -0.2) is 9.07 Å². The Morgan fingerprint density at radius 3 is 2.59 bits per heavy atom. The molecule has 0 saturated carbocycles. The molecule has 1 aliphatic heterocycles. The van der Waals surface area contributed by atoms with E-state index in [0.29, 0.717) is 5.82 Å². The van der Waals surface area contributed by atoms with Gasteiger partial charge in [-0.05, 0) is 55.3 Å². The molecule has 9 heteroatoms. The molecular formula is C32H34FN5O2S. The maximum atomic E-state index is 14.5. The largest absolute Gasteiger partial charge is 0.349 e. The van der Waals surface area contributed by atoms with Gasteiger partial charge in [-0.3, -0.25) is 19.5 Å². The average molecular weight is 572 g/mol. The van der Waals surface area contributed by atoms with Crippen LogP contribution in [0.25, 0.3) is 5.69 Å². The highest BCUT2D eigenvalue weighted by Gasteiger charge is 2.40. The highest BCUT2D eigenvalue weighted by molar-refractivity contribution is 8.00. The number of nitrogens with one attached hydrogen (secondary N) is 1. The molecule has 0 spiro atoms. The molecule has 4 aromatic rings. The van der Waals surface area contributed by atoms with Crippen LogP contribution in [0.15, 0.2) is 66.9 Å². The van der Waals surface area contributed by atoms with Gasteiger partial charge in [0.15, 0.2) is 0 Å². The van der Waals surface area contributed by atoms with Crippen LogP contribution in [0.1, 0.15) is 59.7 Å². The predicted octanol–water partition coefficient (Wildman–Crippen LogP) is 5.81. The number of aryl methyl sites for hydroxylation is 2. The van der Waals surface area contributed by atoms with E-state index in [9.17, 15) is 14.0 Å². The molecule has 3 heterocycles. The maximum absolute atomic E-state index is 14.5. The molecule has 7 nitrogen and oxygen atoms in total. The fourth-order valence-corrected chi connectivity index (χ4v) is 6.30. The first-order chi connectivity index (χ1) is 19.5. The molecule has 1 atom stereocenters. The first-order valence-electron chi connectivity index (χ1n) is 13.6. The fraction of sp³-hybridized carbons (Fsp3) is 0.312. The SMILES string of the molecule is Cc1ccc(-n2nc(C(C)(C)C)c3c2N(CC(=O)NCc2ccccn2)C(=O)CSC3c2cccc(F)c2)c(C)c1. The van der Waals surface area contributed by atoms with Crippen molar-refractivity contribution in [1.82, 2.24) is 20.1 Å². The van der Waals surface area contributed by atoms with E-state index in [0.717, 1.165) is 39.3 Å². The second kappa shape index (κ2) is 11.5. The lowest BCUT2D eigenvalue weighted by Gasteiger charge is -2.25. The van der Waals surface area contributed by atoms with E-state index in [-0.39, 0.29) is 41.7 Å². The Morgan fingerprint density at radius 1 is 1.10 bits per heavy atom. The molecule has 0 saturated heterocycles. The first-order valence-corrected chi connectivity index (χ1v) is 14.6. The lowest BCUT2D eigenvalue weighted by Crippen LogP contribution is -2.42. The molecule has 1 unspecified atom stereocenters. The van der Waals surface area contributed by atoms with Crippen LogP contribution in [-0.2, 0) is 21.5 Å². The fourth-order valence-electron chi connectivity index (χ4n) is 5.11. The molecule has 1 N–H and O–H groups in total. The summed E-state index contributed by atoms with van der Waals surface area (Å²) < 4.78 is 16.3. The minimum absolute atomic E-state index is 0.125. The number of aromatic nitrogens is 3. The van der Waals surface area contributed by atoms with E-state index in [2.05, 4.69) is 37.1 Å². The first kappa shape index (κ1) is 28.5. The van der Waals surface area contributed by atoms with Gasteiger partial charge >= 0.3 is 0 Å². The van der Waals surface area contributed by atoms with Crippen molar-refractivity contribution in [3.05, 3.63) is 106 Å². The third-order valence-electron chi connectivity index (χ3n) is 7.03. The summed E-state index contributed by atoms with van der Waals surface area (Å²) >= 11 is 1.43. The number of nitrogens with zero attached hydrogens (tertiary/aromatic N) is 4. The Labute approximate surface area is 244 Å². The van der Waals surface area contributed by atoms with Crippen LogP contribution < -0.4 is 10.2 Å². The van der Waals surface area contributed by atoms with E-state index in [1.54, 1.807) is 16.9 Å². The van der Waals surface area contributed by atoms with Crippen molar-refractivity contribution in [2.24, 2.45) is 0 Å². The smallest absolute Gasteiger partial charge is 0.240 e. The normalized spacial score (nSPS) is 15.4. The minimum atomic E-state index is -0.402. The number of hydrogen-bond donors (Lipinski definition) is 1. The quantitative estimate of drug-likeness (QED) is 0.316. The number of anilines is 1. The number of hydrogen-bond acceptors (Lipinski definition) is 5. The van der Waals surface area contributed by atoms with Crippen LogP contribution >= 0.6 is 11.8 Å². The van der Waals surface area contributed by atoms with Gasteiger partial charge in [0.2, 0.25) is 11.8 Å². The average Bonchev–Trinajstić information content (AvgIpc) is 3.25. The van der Waals surface area contributed by atoms with Crippen molar-refractivity contribution in [2.45, 2.75) is 51.8 Å². The van der Waals surface area contributed by atoms with E-state index in [4.69, 9.17) is 5.10 Å². The number of carbonyl (C=O) groups is 2. The maximum Gasteiger partial charge on any atom is 0.240 e. The van der Waals surface area contributed by atoms with Crippen LogP contribution in [-0.4, -0.2) is 38.9 Å². The zero-order valence-electron chi connectivity index (χ0n) is 23.9. The number of benzene rings is 2. The molecule has 2 amide bonds. The second-order valence-corrected chi connectivity index (χ2v) is 12.5. The highest BCUT2D eigenvalue weighted by Crippen LogP contribution is 2.48. The minimum Gasteiger partial charge on any atom is -0.349 e. The zero-order chi connectivity index (χ0) is 29.3. The predicted molar refractivity (Wildman–Crippen MR) is 161 cm³/mol. The van der Waals surface area contributed by atoms with Gasteiger partial charge in [0.1, 0.15) is 18.2 Å². The summed E-state index contributed by atoms with van der Waals surface area (Å²) in [7, 11) is 0. The van der Waals surface area contributed by atoms with E-state index < -0.39 is 5.41 Å². The number of pyridine rings is 1. The summed E-state index contributed by atoms with van der Waals surface area (Å²) in [5.41, 5.74) is 5.59. The molecule has 0 fully saturated rings. The highest BCUT2D eigenvalue weighted by atomic mass is 32.2. The number of halogens is 1. The standard InChI is InChI=1S/C32H34FN5O2S/c1-20-12-13-25(21(2)15-20)38-31-28(30(36-38)32(3,4)5)29(22-9-8-10-23(33)16-22)41-19-27(40)37(31)18-26(39)35-17-24-11-6-7-14-34-24/h6-16,29H,17-19H2,1-5H3,(H,35,39). The summed E-state index contributed by atoms with van der Waals surface area (Å²) in [5, 5.41) is 7.66. The van der Waals surface area contributed by atoms with Gasteiger partial charge in [-0.15, -0.1) is 11.8 Å². The van der Waals surface area contributed by atoms with Gasteiger partial charge in [0.05, 0.1) is 34.6 Å². The number of rotatable bonds is 6. The lowest BCUT2D eigenvalue weighted by atomic mass is 9.87. The topological polar surface area (TPSA) is 80.1 Å². The van der Waals surface area contributed by atoms with Crippen molar-refractivity contribution in [3.63, 3.8) is 0 Å². The molecule has 1 aliphatic rings. The van der Waals surface area contributed by atoms with Crippen molar-refractivity contribution in [2.75, 3.05) is 17.2 Å². The van der Waals surface area contributed by atoms with Crippen LogP contribution in [0.2, 0.25) is 0 Å². The lowest BCUT2D eigenvalue weighted by molar-refractivity contribution is -0.123. The monoisotopic (exact) mass is 571 g/mol. The Morgan fingerprint density at radius 2 is 1.90 bits per heavy atom. The molecule has 0 aliphatic carbocycles. The van der Waals surface area contributed by atoms with Gasteiger partial charge in [-0.2, -0.15) is 5.10 Å². The molecule has 0 bridgehead atoms. The van der Waals surface area contributed by atoms with Crippen LogP contribution in [0.5, 0.6) is 0 Å². The van der Waals surface area contributed by atoms with Crippen molar-refractivity contribution >= 4 is 29.4 Å². The number of fused-ring (bicyclic) bond motifs is 1. The Bertz CT molecular complexity index is 1600. The Kier molecular flexibility index (Phi) is 8.00. The van der Waals surface area contributed by atoms with Crippen molar-refractivity contribution in [1.29, 1.82) is 0 Å². The number of amides is 2. The van der Waals surface area contributed by atoms with E-state index in [1.807, 2.05) is 50.2 Å². The molecule has 2 aromatic heterocycles. The molecular weight excluding hydrogens is 537 g/mol. The zero-order valence-corrected chi connectivity index (χ0v) is 24.8. The van der Waals surface area contributed by atoms with Crippen LogP contribution in [0, 0.1) is 19.7 Å². The van der Waals surface area contributed by atoms with Crippen molar-refractivity contribution < 1.29 is 14.0 Å². The Balaban J connectivity index is 1.68. The molecule has 212 valence electrons. The summed E-state index contributed by atoms with van der Waals surface area (Å²) in [6.07, 6.45) is 1.67. The van der Waals surface area contributed by atoms with Gasteiger partial charge in [0, 0.05) is 17.2 Å². The molecule has 5 rings (SSSR count). The summed E-state index contributed by atoms with van der Waals surface area (Å²) in [4.78, 5) is 32.9. The van der Waals surface area contributed by atoms with Gasteiger partial charge in [-0.1, -0.05) is 56.7 Å². The third kappa shape index (κ3) is 6.05. The van der Waals surface area contributed by atoms with Crippen LogP contribution in [0.3, 0.4) is 0 Å².